The van der Waals surface area contributed by atoms with Crippen LogP contribution in [0.3, 0.4) is 0 Å². The molecule has 0 spiro atoms. The van der Waals surface area contributed by atoms with E-state index in [1.807, 2.05) is 0 Å². The quantitative estimate of drug-likeness (QED) is 0.522. The normalized spacial score (nSPS) is 17.0. The smallest absolute Gasteiger partial charge is 0.298 e. The minimum absolute atomic E-state index is 0.0137. The molecule has 6 nitrogen and oxygen atoms in total. The second-order valence-corrected chi connectivity index (χ2v) is 5.23. The summed E-state index contributed by atoms with van der Waals surface area (Å²) in [5.41, 5.74) is 0.754. The van der Waals surface area contributed by atoms with Crippen LogP contribution in [0.2, 0.25) is 0 Å². The number of hydrogen-bond acceptors (Lipinski definition) is 5. The maximum absolute atomic E-state index is 11.0. The molecule has 1 saturated carbocycles. The van der Waals surface area contributed by atoms with Crippen molar-refractivity contribution in [3.05, 3.63) is 28.3 Å². The molecular formula is C14H17N3O3. The Bertz CT molecular complexity index is 615. The molecule has 1 aromatic carbocycles. The molecule has 3 rings (SSSR count). The highest BCUT2D eigenvalue weighted by molar-refractivity contribution is 5.84. The molecule has 1 aromatic heterocycles. The van der Waals surface area contributed by atoms with Crippen LogP contribution in [0.4, 0.5) is 11.7 Å². The van der Waals surface area contributed by atoms with E-state index < -0.39 is 4.92 Å². The van der Waals surface area contributed by atoms with Crippen LogP contribution in [-0.2, 0) is 0 Å². The molecule has 0 radical (unpaired) electrons. The average Bonchev–Trinajstić information content (AvgIpc) is 2.65. The van der Waals surface area contributed by atoms with Gasteiger partial charge in [-0.3, -0.25) is 10.1 Å². The number of rotatable bonds is 3. The lowest BCUT2D eigenvalue weighted by Crippen LogP contribution is -2.18. The van der Waals surface area contributed by atoms with Gasteiger partial charge in [0, 0.05) is 12.1 Å². The molecule has 0 amide bonds. The number of hydrogen-bond donors (Lipinski definition) is 1. The molecule has 106 valence electrons. The van der Waals surface area contributed by atoms with Crippen LogP contribution in [0.1, 0.15) is 38.5 Å². The van der Waals surface area contributed by atoms with Gasteiger partial charge < -0.3 is 9.73 Å². The number of oxazole rings is 1. The van der Waals surface area contributed by atoms with Gasteiger partial charge >= 0.3 is 0 Å². The monoisotopic (exact) mass is 275 g/mol. The summed E-state index contributed by atoms with van der Waals surface area (Å²) in [7, 11) is 0. The molecule has 20 heavy (non-hydrogen) atoms. The summed E-state index contributed by atoms with van der Waals surface area (Å²) in [4.78, 5) is 14.8. The summed E-state index contributed by atoms with van der Waals surface area (Å²) in [6.07, 6.45) is 7.16. The number of nitrogens with one attached hydrogen (secondary N) is 1. The van der Waals surface area contributed by atoms with Gasteiger partial charge in [0.05, 0.1) is 4.92 Å². The molecular weight excluding hydrogens is 258 g/mol. The predicted molar refractivity (Wildman–Crippen MR) is 75.8 cm³/mol. The van der Waals surface area contributed by atoms with Crippen molar-refractivity contribution >= 4 is 22.8 Å². The maximum Gasteiger partial charge on any atom is 0.298 e. The molecule has 1 heterocycles. The van der Waals surface area contributed by atoms with Crippen molar-refractivity contribution in [2.24, 2.45) is 0 Å². The van der Waals surface area contributed by atoms with Crippen LogP contribution in [0.25, 0.3) is 11.1 Å². The first-order valence-electron chi connectivity index (χ1n) is 7.04. The van der Waals surface area contributed by atoms with Gasteiger partial charge in [-0.15, -0.1) is 0 Å². The number of nitrogens with zero attached hydrogens (tertiary/aromatic N) is 2. The zero-order valence-corrected chi connectivity index (χ0v) is 11.2. The van der Waals surface area contributed by atoms with Gasteiger partial charge in [-0.2, -0.15) is 4.98 Å². The summed E-state index contributed by atoms with van der Waals surface area (Å²) in [6.45, 7) is 0. The Morgan fingerprint density at radius 2 is 2.00 bits per heavy atom. The van der Waals surface area contributed by atoms with E-state index in [1.54, 1.807) is 12.1 Å². The van der Waals surface area contributed by atoms with Crippen molar-refractivity contribution in [3.63, 3.8) is 0 Å². The molecule has 1 aliphatic carbocycles. The summed E-state index contributed by atoms with van der Waals surface area (Å²) < 4.78 is 5.58. The van der Waals surface area contributed by atoms with Crippen molar-refractivity contribution < 1.29 is 9.34 Å². The van der Waals surface area contributed by atoms with Gasteiger partial charge in [-0.25, -0.2) is 0 Å². The fraction of sp³-hybridized carbons (Fsp3) is 0.500. The van der Waals surface area contributed by atoms with E-state index >= 15 is 0 Å². The highest BCUT2D eigenvalue weighted by atomic mass is 16.6. The molecule has 0 unspecified atom stereocenters. The number of aromatic nitrogens is 1. The predicted octanol–water partition coefficient (Wildman–Crippen LogP) is 3.87. The Hall–Kier alpha value is -2.11. The highest BCUT2D eigenvalue weighted by Crippen LogP contribution is 2.28. The standard InChI is InChI=1S/C14H17N3O3/c18-17(19)11-8-5-9-12-13(11)16-14(20-12)15-10-6-3-1-2-4-7-10/h5,8-10H,1-4,6-7H2,(H,15,16). The lowest BCUT2D eigenvalue weighted by molar-refractivity contribution is -0.383. The van der Waals surface area contributed by atoms with Gasteiger partial charge in [0.15, 0.2) is 11.1 Å². The Balaban J connectivity index is 1.85. The molecule has 1 aliphatic rings. The van der Waals surface area contributed by atoms with Crippen molar-refractivity contribution in [2.45, 2.75) is 44.6 Å². The molecule has 0 atom stereocenters. The third kappa shape index (κ3) is 2.59. The average molecular weight is 275 g/mol. The molecule has 0 saturated heterocycles. The largest absolute Gasteiger partial charge is 0.423 e. The summed E-state index contributed by atoms with van der Waals surface area (Å²) in [6, 6.07) is 5.50. The van der Waals surface area contributed by atoms with Crippen LogP contribution in [-0.4, -0.2) is 15.9 Å². The molecule has 1 fully saturated rings. The second kappa shape index (κ2) is 5.48. The third-order valence-corrected chi connectivity index (χ3v) is 3.78. The van der Waals surface area contributed by atoms with E-state index in [-0.39, 0.29) is 5.69 Å². The van der Waals surface area contributed by atoms with Crippen molar-refractivity contribution in [1.82, 2.24) is 4.98 Å². The zero-order valence-electron chi connectivity index (χ0n) is 11.2. The Kier molecular flexibility index (Phi) is 3.54. The molecule has 6 heteroatoms. The van der Waals surface area contributed by atoms with Crippen LogP contribution in [0.15, 0.2) is 22.6 Å². The molecule has 0 aliphatic heterocycles. The van der Waals surface area contributed by atoms with Gasteiger partial charge in [0.2, 0.25) is 0 Å². The molecule has 1 N–H and O–H groups in total. The van der Waals surface area contributed by atoms with Gasteiger partial charge in [0.25, 0.3) is 11.7 Å². The van der Waals surface area contributed by atoms with Gasteiger partial charge in [-0.05, 0) is 18.9 Å². The Morgan fingerprint density at radius 3 is 2.70 bits per heavy atom. The third-order valence-electron chi connectivity index (χ3n) is 3.78. The fourth-order valence-electron chi connectivity index (χ4n) is 2.74. The highest BCUT2D eigenvalue weighted by Gasteiger charge is 2.19. The number of nitro benzene ring substituents is 1. The minimum atomic E-state index is -0.430. The van der Waals surface area contributed by atoms with Crippen LogP contribution >= 0.6 is 0 Å². The summed E-state index contributed by atoms with van der Waals surface area (Å²) in [5, 5.41) is 14.2. The fourth-order valence-corrected chi connectivity index (χ4v) is 2.74. The number of benzene rings is 1. The van der Waals surface area contributed by atoms with Crippen LogP contribution in [0, 0.1) is 10.1 Å². The van der Waals surface area contributed by atoms with Crippen molar-refractivity contribution in [2.75, 3.05) is 5.32 Å². The number of fused-ring (bicyclic) bond motifs is 1. The van der Waals surface area contributed by atoms with Crippen molar-refractivity contribution in [3.8, 4) is 0 Å². The lowest BCUT2D eigenvalue weighted by atomic mass is 10.1. The van der Waals surface area contributed by atoms with E-state index in [9.17, 15) is 10.1 Å². The van der Waals surface area contributed by atoms with E-state index in [1.165, 1.54) is 31.7 Å². The van der Waals surface area contributed by atoms with Gasteiger partial charge in [-0.1, -0.05) is 31.7 Å². The first-order chi connectivity index (χ1) is 9.74. The second-order valence-electron chi connectivity index (χ2n) is 5.23. The number of non-ortho nitro benzene ring substituents is 1. The first-order valence-corrected chi connectivity index (χ1v) is 7.04. The first kappa shape index (κ1) is 12.9. The number of para-hydroxylation sites is 1. The van der Waals surface area contributed by atoms with Crippen molar-refractivity contribution in [1.29, 1.82) is 0 Å². The Morgan fingerprint density at radius 1 is 1.25 bits per heavy atom. The van der Waals surface area contributed by atoms with E-state index in [4.69, 9.17) is 4.42 Å². The van der Waals surface area contributed by atoms with E-state index in [2.05, 4.69) is 10.3 Å². The van der Waals surface area contributed by atoms with E-state index in [0.29, 0.717) is 23.2 Å². The number of anilines is 1. The molecule has 2 aromatic rings. The lowest BCUT2D eigenvalue weighted by Gasteiger charge is -2.13. The SMILES string of the molecule is O=[N+]([O-])c1cccc2oc(NC3CCCCCC3)nc12. The van der Waals surface area contributed by atoms with Gasteiger partial charge in [0.1, 0.15) is 0 Å². The van der Waals surface area contributed by atoms with E-state index in [0.717, 1.165) is 12.8 Å². The topological polar surface area (TPSA) is 81.2 Å². The molecule has 0 bridgehead atoms. The Labute approximate surface area is 116 Å². The zero-order chi connectivity index (χ0) is 13.9. The maximum atomic E-state index is 11.0. The summed E-state index contributed by atoms with van der Waals surface area (Å²) >= 11 is 0. The minimum Gasteiger partial charge on any atom is -0.423 e. The number of nitro groups is 1. The van der Waals surface area contributed by atoms with Crippen LogP contribution in [0.5, 0.6) is 0 Å². The summed E-state index contributed by atoms with van der Waals surface area (Å²) in [5.74, 6) is 0. The van der Waals surface area contributed by atoms with Crippen LogP contribution < -0.4 is 5.32 Å².